The average molecular weight is 333 g/mol. The molecular formula is C21H23N3O. The van der Waals surface area contributed by atoms with Crippen LogP contribution in [0.4, 0.5) is 0 Å². The molecule has 0 saturated heterocycles. The Labute approximate surface area is 148 Å². The highest BCUT2D eigenvalue weighted by Gasteiger charge is 2.18. The van der Waals surface area contributed by atoms with E-state index in [1.54, 1.807) is 6.20 Å². The second-order valence-electron chi connectivity index (χ2n) is 6.03. The molecule has 0 saturated carbocycles. The SMILES string of the molecule is CCCCN(CC)C(=O)c1cc(-c2ccccn2)nc2ccccc12. The van der Waals surface area contributed by atoms with Crippen molar-refractivity contribution in [1.29, 1.82) is 0 Å². The predicted octanol–water partition coefficient (Wildman–Crippen LogP) is 4.56. The van der Waals surface area contributed by atoms with Crippen molar-refractivity contribution in [2.24, 2.45) is 0 Å². The first-order valence-electron chi connectivity index (χ1n) is 8.85. The molecule has 4 heteroatoms. The predicted molar refractivity (Wildman–Crippen MR) is 101 cm³/mol. The van der Waals surface area contributed by atoms with Gasteiger partial charge in [-0.1, -0.05) is 37.6 Å². The lowest BCUT2D eigenvalue weighted by Gasteiger charge is -2.21. The molecule has 0 aliphatic rings. The van der Waals surface area contributed by atoms with Crippen molar-refractivity contribution in [3.63, 3.8) is 0 Å². The monoisotopic (exact) mass is 333 g/mol. The first-order valence-corrected chi connectivity index (χ1v) is 8.85. The largest absolute Gasteiger partial charge is 0.339 e. The molecule has 2 heterocycles. The third-order valence-electron chi connectivity index (χ3n) is 4.32. The fraction of sp³-hybridized carbons (Fsp3) is 0.286. The van der Waals surface area contributed by atoms with Gasteiger partial charge >= 0.3 is 0 Å². The molecule has 0 aliphatic heterocycles. The number of benzene rings is 1. The lowest BCUT2D eigenvalue weighted by molar-refractivity contribution is 0.0764. The van der Waals surface area contributed by atoms with E-state index in [-0.39, 0.29) is 5.91 Å². The summed E-state index contributed by atoms with van der Waals surface area (Å²) >= 11 is 0. The first-order chi connectivity index (χ1) is 12.2. The summed E-state index contributed by atoms with van der Waals surface area (Å²) in [6.07, 6.45) is 3.82. The average Bonchev–Trinajstić information content (AvgIpc) is 2.68. The standard InChI is InChI=1S/C21H23N3O/c1-3-5-14-24(4-2)21(25)17-15-20(19-12-8-9-13-22-19)23-18-11-7-6-10-16(17)18/h6-13,15H,3-5,14H2,1-2H3. The second-order valence-corrected chi connectivity index (χ2v) is 6.03. The molecular weight excluding hydrogens is 310 g/mol. The quantitative estimate of drug-likeness (QED) is 0.664. The number of aromatic nitrogens is 2. The Morgan fingerprint density at radius 2 is 1.84 bits per heavy atom. The van der Waals surface area contributed by atoms with E-state index in [9.17, 15) is 4.79 Å². The van der Waals surface area contributed by atoms with Crippen molar-refractivity contribution < 1.29 is 4.79 Å². The van der Waals surface area contributed by atoms with E-state index in [0.29, 0.717) is 12.1 Å². The Kier molecular flexibility index (Phi) is 5.39. The number of amides is 1. The number of unbranched alkanes of at least 4 members (excludes halogenated alkanes) is 1. The van der Waals surface area contributed by atoms with E-state index in [1.165, 1.54) is 0 Å². The molecule has 0 N–H and O–H groups in total. The Bertz CT molecular complexity index is 861. The van der Waals surface area contributed by atoms with E-state index < -0.39 is 0 Å². The van der Waals surface area contributed by atoms with Gasteiger partial charge in [0.05, 0.1) is 22.5 Å². The number of hydrogen-bond acceptors (Lipinski definition) is 3. The van der Waals surface area contributed by atoms with Crippen LogP contribution < -0.4 is 0 Å². The van der Waals surface area contributed by atoms with Gasteiger partial charge in [0, 0.05) is 24.7 Å². The van der Waals surface area contributed by atoms with Crippen LogP contribution in [0.25, 0.3) is 22.3 Å². The summed E-state index contributed by atoms with van der Waals surface area (Å²) in [6.45, 7) is 5.64. The van der Waals surface area contributed by atoms with Crippen LogP contribution in [0, 0.1) is 0 Å². The number of para-hydroxylation sites is 1. The van der Waals surface area contributed by atoms with Gasteiger partial charge in [-0.15, -0.1) is 0 Å². The minimum absolute atomic E-state index is 0.0618. The van der Waals surface area contributed by atoms with Gasteiger partial charge in [-0.05, 0) is 37.6 Å². The molecule has 0 fully saturated rings. The minimum atomic E-state index is 0.0618. The van der Waals surface area contributed by atoms with Gasteiger partial charge in [0.25, 0.3) is 5.91 Å². The smallest absolute Gasteiger partial charge is 0.254 e. The summed E-state index contributed by atoms with van der Waals surface area (Å²) < 4.78 is 0. The molecule has 0 aliphatic carbocycles. The molecule has 25 heavy (non-hydrogen) atoms. The molecule has 1 amide bonds. The van der Waals surface area contributed by atoms with E-state index in [0.717, 1.165) is 41.7 Å². The van der Waals surface area contributed by atoms with E-state index >= 15 is 0 Å². The maximum atomic E-state index is 13.2. The van der Waals surface area contributed by atoms with Crippen LogP contribution in [0.1, 0.15) is 37.0 Å². The molecule has 2 aromatic heterocycles. The Balaban J connectivity index is 2.11. The fourth-order valence-electron chi connectivity index (χ4n) is 2.92. The summed E-state index contributed by atoms with van der Waals surface area (Å²) in [4.78, 5) is 24.2. The van der Waals surface area contributed by atoms with Crippen molar-refractivity contribution in [2.45, 2.75) is 26.7 Å². The number of nitrogens with zero attached hydrogens (tertiary/aromatic N) is 3. The zero-order chi connectivity index (χ0) is 17.6. The number of carbonyl (C=O) groups is 1. The molecule has 4 nitrogen and oxygen atoms in total. The molecule has 0 radical (unpaired) electrons. The number of rotatable bonds is 6. The third kappa shape index (κ3) is 3.68. The molecule has 0 spiro atoms. The van der Waals surface area contributed by atoms with Crippen LogP contribution in [-0.4, -0.2) is 33.9 Å². The summed E-state index contributed by atoms with van der Waals surface area (Å²) in [5.74, 6) is 0.0618. The van der Waals surface area contributed by atoms with Gasteiger partial charge in [0.1, 0.15) is 0 Å². The van der Waals surface area contributed by atoms with Crippen LogP contribution in [0.5, 0.6) is 0 Å². The van der Waals surface area contributed by atoms with Gasteiger partial charge in [-0.25, -0.2) is 4.98 Å². The van der Waals surface area contributed by atoms with Gasteiger partial charge in [-0.3, -0.25) is 9.78 Å². The van der Waals surface area contributed by atoms with Crippen molar-refractivity contribution in [2.75, 3.05) is 13.1 Å². The first kappa shape index (κ1) is 17.1. The summed E-state index contributed by atoms with van der Waals surface area (Å²) in [5, 5.41) is 0.891. The zero-order valence-electron chi connectivity index (χ0n) is 14.8. The van der Waals surface area contributed by atoms with Crippen molar-refractivity contribution in [3.05, 3.63) is 60.3 Å². The molecule has 1 aromatic carbocycles. The molecule has 0 unspecified atom stereocenters. The lowest BCUT2D eigenvalue weighted by atomic mass is 10.0. The Morgan fingerprint density at radius 3 is 2.56 bits per heavy atom. The van der Waals surface area contributed by atoms with E-state index in [1.807, 2.05) is 60.4 Å². The maximum Gasteiger partial charge on any atom is 0.254 e. The van der Waals surface area contributed by atoms with Gasteiger partial charge < -0.3 is 4.90 Å². The van der Waals surface area contributed by atoms with Crippen LogP contribution in [0.3, 0.4) is 0 Å². The van der Waals surface area contributed by atoms with Crippen molar-refractivity contribution in [1.82, 2.24) is 14.9 Å². The van der Waals surface area contributed by atoms with E-state index in [2.05, 4.69) is 11.9 Å². The lowest BCUT2D eigenvalue weighted by Crippen LogP contribution is -2.32. The third-order valence-corrected chi connectivity index (χ3v) is 4.32. The normalized spacial score (nSPS) is 10.8. The molecule has 128 valence electrons. The highest BCUT2D eigenvalue weighted by atomic mass is 16.2. The van der Waals surface area contributed by atoms with Gasteiger partial charge in [-0.2, -0.15) is 0 Å². The highest BCUT2D eigenvalue weighted by Crippen LogP contribution is 2.25. The molecule has 0 bridgehead atoms. The van der Waals surface area contributed by atoms with Crippen LogP contribution in [-0.2, 0) is 0 Å². The summed E-state index contributed by atoms with van der Waals surface area (Å²) in [6, 6.07) is 15.4. The zero-order valence-corrected chi connectivity index (χ0v) is 14.8. The fourth-order valence-corrected chi connectivity index (χ4v) is 2.92. The molecule has 3 rings (SSSR count). The summed E-state index contributed by atoms with van der Waals surface area (Å²) in [7, 11) is 0. The number of carbonyl (C=O) groups excluding carboxylic acids is 1. The minimum Gasteiger partial charge on any atom is -0.339 e. The van der Waals surface area contributed by atoms with Crippen molar-refractivity contribution >= 4 is 16.8 Å². The molecule has 0 atom stereocenters. The summed E-state index contributed by atoms with van der Waals surface area (Å²) in [5.41, 5.74) is 3.03. The second kappa shape index (κ2) is 7.88. The maximum absolute atomic E-state index is 13.2. The van der Waals surface area contributed by atoms with E-state index in [4.69, 9.17) is 4.98 Å². The number of fused-ring (bicyclic) bond motifs is 1. The topological polar surface area (TPSA) is 46.1 Å². The van der Waals surface area contributed by atoms with Gasteiger partial charge in [0.15, 0.2) is 0 Å². The van der Waals surface area contributed by atoms with Crippen molar-refractivity contribution in [3.8, 4) is 11.4 Å². The highest BCUT2D eigenvalue weighted by molar-refractivity contribution is 6.07. The van der Waals surface area contributed by atoms with Crippen LogP contribution >= 0.6 is 0 Å². The number of pyridine rings is 2. The van der Waals surface area contributed by atoms with Crippen LogP contribution in [0.2, 0.25) is 0 Å². The van der Waals surface area contributed by atoms with Gasteiger partial charge in [0.2, 0.25) is 0 Å². The van der Waals surface area contributed by atoms with Crippen LogP contribution in [0.15, 0.2) is 54.7 Å². The Morgan fingerprint density at radius 1 is 1.04 bits per heavy atom. The number of hydrogen-bond donors (Lipinski definition) is 0. The molecule has 3 aromatic rings. The Hall–Kier alpha value is -2.75.